The average Bonchev–Trinajstić information content (AvgIpc) is 2.89. The molecule has 0 radical (unpaired) electrons. The summed E-state index contributed by atoms with van der Waals surface area (Å²) in [6.07, 6.45) is 0. The first-order chi connectivity index (χ1) is 6.91. The highest BCUT2D eigenvalue weighted by molar-refractivity contribution is 5.46. The third kappa shape index (κ3) is 0.597. The molecular weight excluding hydrogens is 208 g/mol. The molecule has 3 rings (SSSR count). The molecule has 1 aliphatic carbocycles. The van der Waals surface area contributed by atoms with E-state index in [1.807, 2.05) is 27.7 Å². The van der Waals surface area contributed by atoms with Gasteiger partial charge in [-0.05, 0) is 41.5 Å². The van der Waals surface area contributed by atoms with E-state index in [0.717, 1.165) is 0 Å². The van der Waals surface area contributed by atoms with Gasteiger partial charge in [0.25, 0.3) is 0 Å². The van der Waals surface area contributed by atoms with Crippen molar-refractivity contribution in [3.05, 3.63) is 0 Å². The molecule has 0 aromatic carbocycles. The lowest BCUT2D eigenvalue weighted by molar-refractivity contribution is -0.104. The lowest BCUT2D eigenvalue weighted by Gasteiger charge is -2.46. The van der Waals surface area contributed by atoms with Crippen LogP contribution in [0.3, 0.4) is 0 Å². The molecule has 2 aliphatic heterocycles. The fourth-order valence-corrected chi connectivity index (χ4v) is 3.93. The Bertz CT molecular complexity index is 334. The Balaban J connectivity index is 2.23. The molecule has 1 saturated carbocycles. The first-order valence-corrected chi connectivity index (χ1v) is 5.76. The highest BCUT2D eigenvalue weighted by Crippen LogP contribution is 2.78. The first kappa shape index (κ1) is 11.0. The molecule has 2 heterocycles. The molecule has 3 aliphatic rings. The number of fused-ring (bicyclic) bond motifs is 2. The van der Waals surface area contributed by atoms with E-state index in [9.17, 15) is 10.2 Å². The second-order valence-electron chi connectivity index (χ2n) is 6.48. The fourth-order valence-electron chi connectivity index (χ4n) is 3.93. The third-order valence-corrected chi connectivity index (χ3v) is 6.27. The van der Waals surface area contributed by atoms with Crippen molar-refractivity contribution < 1.29 is 19.7 Å². The molecule has 4 heteroatoms. The minimum absolute atomic E-state index is 0.756. The minimum atomic E-state index is -1.11. The number of hydrogen-bond donors (Lipinski definition) is 2. The van der Waals surface area contributed by atoms with Crippen LogP contribution in [0.5, 0.6) is 0 Å². The van der Waals surface area contributed by atoms with E-state index in [4.69, 9.17) is 9.47 Å². The van der Waals surface area contributed by atoms with Gasteiger partial charge < -0.3 is 19.7 Å². The van der Waals surface area contributed by atoms with Crippen molar-refractivity contribution in [2.45, 2.75) is 75.1 Å². The van der Waals surface area contributed by atoms with Gasteiger partial charge in [-0.25, -0.2) is 0 Å². The summed E-state index contributed by atoms with van der Waals surface area (Å²) >= 11 is 0. The predicted octanol–water partition coefficient (Wildman–Crippen LogP) is 0.597. The van der Waals surface area contributed by atoms with Crippen LogP contribution in [0.15, 0.2) is 0 Å². The average molecular weight is 228 g/mol. The van der Waals surface area contributed by atoms with Gasteiger partial charge in [-0.1, -0.05) is 0 Å². The number of epoxide rings is 2. The highest BCUT2D eigenvalue weighted by atomic mass is 16.7. The topological polar surface area (TPSA) is 65.5 Å². The Labute approximate surface area is 95.6 Å². The van der Waals surface area contributed by atoms with Crippen LogP contribution >= 0.6 is 0 Å². The molecule has 0 unspecified atom stereocenters. The molecule has 4 nitrogen and oxygen atoms in total. The Kier molecular flexibility index (Phi) is 1.36. The molecule has 0 bridgehead atoms. The Morgan fingerprint density at radius 1 is 0.562 bits per heavy atom. The summed E-state index contributed by atoms with van der Waals surface area (Å²) in [5, 5.41) is 21.4. The number of hydrogen-bond acceptors (Lipinski definition) is 4. The zero-order chi connectivity index (χ0) is 12.4. The van der Waals surface area contributed by atoms with Gasteiger partial charge in [0, 0.05) is 0 Å². The summed E-state index contributed by atoms with van der Waals surface area (Å²) in [5.41, 5.74) is -5.23. The summed E-state index contributed by atoms with van der Waals surface area (Å²) < 4.78 is 11.5. The van der Waals surface area contributed by atoms with Crippen LogP contribution in [0.4, 0.5) is 0 Å². The van der Waals surface area contributed by atoms with Crippen LogP contribution in [0.1, 0.15) is 41.5 Å². The van der Waals surface area contributed by atoms with Crippen LogP contribution in [-0.4, -0.2) is 43.8 Å². The molecule has 0 amide bonds. The maximum absolute atomic E-state index is 10.7. The van der Waals surface area contributed by atoms with Crippen molar-refractivity contribution >= 4 is 0 Å². The Morgan fingerprint density at radius 3 is 0.938 bits per heavy atom. The van der Waals surface area contributed by atoms with Gasteiger partial charge in [0.15, 0.2) is 0 Å². The van der Waals surface area contributed by atoms with Crippen molar-refractivity contribution in [1.29, 1.82) is 0 Å². The first-order valence-electron chi connectivity index (χ1n) is 5.76. The second-order valence-corrected chi connectivity index (χ2v) is 6.48. The Hall–Kier alpha value is -0.160. The second kappa shape index (κ2) is 1.99. The van der Waals surface area contributed by atoms with Gasteiger partial charge in [-0.2, -0.15) is 0 Å². The molecular formula is C12H20O4. The summed E-state index contributed by atoms with van der Waals surface area (Å²) in [7, 11) is 0. The normalized spacial score (nSPS) is 76.5. The van der Waals surface area contributed by atoms with Crippen LogP contribution in [-0.2, 0) is 9.47 Å². The van der Waals surface area contributed by atoms with Crippen LogP contribution in [0.25, 0.3) is 0 Å². The van der Waals surface area contributed by atoms with Gasteiger partial charge >= 0.3 is 0 Å². The summed E-state index contributed by atoms with van der Waals surface area (Å²) in [4.78, 5) is 0. The van der Waals surface area contributed by atoms with Crippen LogP contribution in [0.2, 0.25) is 0 Å². The van der Waals surface area contributed by atoms with Crippen molar-refractivity contribution in [1.82, 2.24) is 0 Å². The van der Waals surface area contributed by atoms with Crippen LogP contribution in [0, 0.1) is 0 Å². The van der Waals surface area contributed by atoms with Crippen molar-refractivity contribution in [3.8, 4) is 0 Å². The quantitative estimate of drug-likeness (QED) is 0.596. The zero-order valence-electron chi connectivity index (χ0n) is 10.7. The highest BCUT2D eigenvalue weighted by Gasteiger charge is 2.98. The lowest BCUT2D eigenvalue weighted by atomic mass is 9.55. The van der Waals surface area contributed by atoms with E-state index in [-0.39, 0.29) is 0 Å². The molecule has 0 aromatic rings. The van der Waals surface area contributed by atoms with E-state index in [1.54, 1.807) is 13.8 Å². The van der Waals surface area contributed by atoms with E-state index < -0.39 is 33.6 Å². The standard InChI is InChI=1S/C12H20O4/c1-7(13)9(3)11(5,15-9)8(2,14)12(6)10(7,4)16-12/h13-14H,1-6H3/t7?,8?,9-,10-,11+,12+. The van der Waals surface area contributed by atoms with Gasteiger partial charge in [0.05, 0.1) is 0 Å². The van der Waals surface area contributed by atoms with Crippen LogP contribution < -0.4 is 0 Å². The lowest BCUT2D eigenvalue weighted by Crippen LogP contribution is -2.71. The van der Waals surface area contributed by atoms with Crippen molar-refractivity contribution in [2.24, 2.45) is 0 Å². The smallest absolute Gasteiger partial charge is 0.129 e. The monoisotopic (exact) mass is 228 g/mol. The van der Waals surface area contributed by atoms with Gasteiger partial charge in [0.1, 0.15) is 33.6 Å². The van der Waals surface area contributed by atoms with E-state index in [2.05, 4.69) is 0 Å². The third-order valence-electron chi connectivity index (χ3n) is 6.27. The number of rotatable bonds is 0. The number of aliphatic hydroxyl groups is 2. The summed E-state index contributed by atoms with van der Waals surface area (Å²) in [5.74, 6) is 0. The van der Waals surface area contributed by atoms with E-state index in [0.29, 0.717) is 0 Å². The maximum atomic E-state index is 10.7. The largest absolute Gasteiger partial charge is 0.384 e. The predicted molar refractivity (Wildman–Crippen MR) is 57.0 cm³/mol. The zero-order valence-corrected chi connectivity index (χ0v) is 10.7. The maximum Gasteiger partial charge on any atom is 0.129 e. The minimum Gasteiger partial charge on any atom is -0.384 e. The van der Waals surface area contributed by atoms with E-state index >= 15 is 0 Å². The molecule has 2 N–H and O–H groups in total. The molecule has 0 aromatic heterocycles. The Morgan fingerprint density at radius 2 is 0.750 bits per heavy atom. The fraction of sp³-hybridized carbons (Fsp3) is 1.00. The van der Waals surface area contributed by atoms with Crippen molar-refractivity contribution in [2.75, 3.05) is 0 Å². The molecule has 3 fully saturated rings. The number of ether oxygens (including phenoxy) is 2. The van der Waals surface area contributed by atoms with E-state index in [1.165, 1.54) is 0 Å². The van der Waals surface area contributed by atoms with Gasteiger partial charge in [-0.3, -0.25) is 0 Å². The molecule has 16 heavy (non-hydrogen) atoms. The van der Waals surface area contributed by atoms with Gasteiger partial charge in [-0.15, -0.1) is 0 Å². The molecule has 0 spiro atoms. The van der Waals surface area contributed by atoms with Crippen molar-refractivity contribution in [3.63, 3.8) is 0 Å². The SMILES string of the molecule is CC1(O)[C@]2(C)O[C@]2(C)C(C)(O)[C@@]2(C)O[C@@]12C. The molecule has 2 saturated heterocycles. The molecule has 92 valence electrons. The summed E-state index contributed by atoms with van der Waals surface area (Å²) in [6, 6.07) is 0. The summed E-state index contributed by atoms with van der Waals surface area (Å²) in [6.45, 7) is 10.8. The van der Waals surface area contributed by atoms with Gasteiger partial charge in [0.2, 0.25) is 0 Å². The molecule has 4 atom stereocenters.